The summed E-state index contributed by atoms with van der Waals surface area (Å²) >= 11 is 0. The van der Waals surface area contributed by atoms with E-state index in [9.17, 15) is 9.59 Å². The van der Waals surface area contributed by atoms with Gasteiger partial charge in [0, 0.05) is 11.1 Å². The number of aromatic nitrogens is 3. The molecule has 0 radical (unpaired) electrons. The number of hydrogen-bond donors (Lipinski definition) is 1. The minimum Gasteiger partial charge on any atom is -0.324 e. The molecule has 0 spiro atoms. The largest absolute Gasteiger partial charge is 0.324 e. The Labute approximate surface area is 181 Å². The van der Waals surface area contributed by atoms with Crippen molar-refractivity contribution >= 4 is 28.0 Å². The summed E-state index contributed by atoms with van der Waals surface area (Å²) < 4.78 is 3.19. The van der Waals surface area contributed by atoms with E-state index in [2.05, 4.69) is 30.3 Å². The zero-order valence-corrected chi connectivity index (χ0v) is 18.6. The van der Waals surface area contributed by atoms with Crippen LogP contribution >= 0.6 is 0 Å². The molecule has 1 unspecified atom stereocenters. The van der Waals surface area contributed by atoms with Gasteiger partial charge in [0.05, 0.1) is 5.52 Å². The van der Waals surface area contributed by atoms with Crippen molar-refractivity contribution in [2.24, 2.45) is 0 Å². The first kappa shape index (κ1) is 20.8. The van der Waals surface area contributed by atoms with Crippen molar-refractivity contribution < 1.29 is 4.79 Å². The highest BCUT2D eigenvalue weighted by Crippen LogP contribution is 2.22. The first-order valence-electron chi connectivity index (χ1n) is 10.7. The second-order valence-corrected chi connectivity index (χ2v) is 8.41. The summed E-state index contributed by atoms with van der Waals surface area (Å²) in [5.41, 5.74) is 4.25. The number of fused-ring (bicyclic) bond motifs is 3. The van der Waals surface area contributed by atoms with Crippen molar-refractivity contribution in [1.29, 1.82) is 0 Å². The van der Waals surface area contributed by atoms with Gasteiger partial charge in [-0.2, -0.15) is 5.10 Å². The smallest absolute Gasteiger partial charge is 0.291 e. The number of hydrogen-bond acceptors (Lipinski definition) is 3. The molecular weight excluding hydrogens is 388 g/mol. The van der Waals surface area contributed by atoms with E-state index in [1.54, 1.807) is 0 Å². The Hall–Kier alpha value is -3.41. The van der Waals surface area contributed by atoms with Gasteiger partial charge in [-0.1, -0.05) is 44.5 Å². The highest BCUT2D eigenvalue weighted by Gasteiger charge is 2.23. The van der Waals surface area contributed by atoms with Gasteiger partial charge in [-0.15, -0.1) is 0 Å². The summed E-state index contributed by atoms with van der Waals surface area (Å²) in [6, 6.07) is 15.1. The van der Waals surface area contributed by atoms with Crippen LogP contribution in [0.25, 0.3) is 16.4 Å². The van der Waals surface area contributed by atoms with E-state index in [-0.39, 0.29) is 11.5 Å². The molecule has 0 aliphatic carbocycles. The molecule has 2 aromatic heterocycles. The predicted octanol–water partition coefficient (Wildman–Crippen LogP) is 4.98. The maximum Gasteiger partial charge on any atom is 0.291 e. The van der Waals surface area contributed by atoms with Crippen molar-refractivity contribution in [1.82, 2.24) is 14.2 Å². The maximum absolute atomic E-state index is 13.3. The highest BCUT2D eigenvalue weighted by atomic mass is 16.2. The number of carbonyl (C=O) groups is 1. The molecule has 2 heterocycles. The van der Waals surface area contributed by atoms with Gasteiger partial charge in [0.2, 0.25) is 5.91 Å². The lowest BCUT2D eigenvalue weighted by Crippen LogP contribution is -2.36. The molecule has 0 bridgehead atoms. The summed E-state index contributed by atoms with van der Waals surface area (Å²) in [6.45, 7) is 10.0. The number of amides is 1. The van der Waals surface area contributed by atoms with Crippen LogP contribution in [0.15, 0.2) is 53.3 Å². The monoisotopic (exact) mass is 416 g/mol. The van der Waals surface area contributed by atoms with E-state index in [1.165, 1.54) is 10.2 Å². The average molecular weight is 417 g/mol. The normalized spacial score (nSPS) is 12.6. The van der Waals surface area contributed by atoms with Gasteiger partial charge in [-0.25, -0.2) is 4.68 Å². The van der Waals surface area contributed by atoms with E-state index < -0.39 is 6.04 Å². The van der Waals surface area contributed by atoms with Crippen LogP contribution in [-0.4, -0.2) is 20.1 Å². The van der Waals surface area contributed by atoms with Crippen LogP contribution in [0, 0.1) is 13.8 Å². The van der Waals surface area contributed by atoms with Crippen LogP contribution in [0.1, 0.15) is 56.1 Å². The highest BCUT2D eigenvalue weighted by molar-refractivity contribution is 5.94. The molecule has 6 heteroatoms. The summed E-state index contributed by atoms with van der Waals surface area (Å²) in [4.78, 5) is 26.4. The third-order valence-electron chi connectivity index (χ3n) is 5.79. The molecule has 0 saturated carbocycles. The SMILES string of the molecule is CCC(C(=O)Nc1ccc(C(C)C)cc1)n1nc(C)n2c(cc3cc(C)ccc32)c1=O. The number of anilines is 1. The number of benzene rings is 2. The lowest BCUT2D eigenvalue weighted by molar-refractivity contribution is -0.119. The lowest BCUT2D eigenvalue weighted by atomic mass is 10.0. The van der Waals surface area contributed by atoms with E-state index in [0.717, 1.165) is 16.5 Å². The van der Waals surface area contributed by atoms with E-state index in [1.807, 2.05) is 67.6 Å². The van der Waals surface area contributed by atoms with Crippen molar-refractivity contribution in [2.75, 3.05) is 5.32 Å². The van der Waals surface area contributed by atoms with Crippen molar-refractivity contribution in [3.8, 4) is 0 Å². The Kier molecular flexibility index (Phi) is 5.39. The molecular formula is C25H28N4O2. The van der Waals surface area contributed by atoms with Crippen LogP contribution in [0.2, 0.25) is 0 Å². The Bertz CT molecular complexity index is 1330. The first-order chi connectivity index (χ1) is 14.8. The van der Waals surface area contributed by atoms with Crippen molar-refractivity contribution in [2.45, 2.75) is 53.0 Å². The molecule has 1 atom stereocenters. The van der Waals surface area contributed by atoms with E-state index >= 15 is 0 Å². The summed E-state index contributed by atoms with van der Waals surface area (Å²) in [6.07, 6.45) is 0.456. The third-order valence-corrected chi connectivity index (χ3v) is 5.79. The number of rotatable bonds is 5. The Morgan fingerprint density at radius 2 is 1.74 bits per heavy atom. The molecule has 160 valence electrons. The number of nitrogens with one attached hydrogen (secondary N) is 1. The molecule has 1 amide bonds. The molecule has 0 fully saturated rings. The zero-order valence-electron chi connectivity index (χ0n) is 18.6. The van der Waals surface area contributed by atoms with Gasteiger partial charge in [0.15, 0.2) is 0 Å². The van der Waals surface area contributed by atoms with Crippen LogP contribution in [0.4, 0.5) is 5.69 Å². The van der Waals surface area contributed by atoms with Crippen LogP contribution in [0.3, 0.4) is 0 Å². The zero-order chi connectivity index (χ0) is 22.3. The molecule has 31 heavy (non-hydrogen) atoms. The van der Waals surface area contributed by atoms with E-state index in [4.69, 9.17) is 0 Å². The van der Waals surface area contributed by atoms with Gasteiger partial charge >= 0.3 is 0 Å². The minimum atomic E-state index is -0.694. The van der Waals surface area contributed by atoms with E-state index in [0.29, 0.717) is 29.4 Å². The van der Waals surface area contributed by atoms with Crippen LogP contribution < -0.4 is 10.9 Å². The fourth-order valence-corrected chi connectivity index (χ4v) is 4.06. The Balaban J connectivity index is 1.73. The summed E-state index contributed by atoms with van der Waals surface area (Å²) in [5, 5.41) is 8.45. The molecule has 0 saturated heterocycles. The first-order valence-corrected chi connectivity index (χ1v) is 10.7. The van der Waals surface area contributed by atoms with Crippen molar-refractivity contribution in [3.05, 3.63) is 75.8 Å². The van der Waals surface area contributed by atoms with Gasteiger partial charge in [0.1, 0.15) is 17.4 Å². The Morgan fingerprint density at radius 1 is 1.03 bits per heavy atom. The average Bonchev–Trinajstić information content (AvgIpc) is 3.12. The fourth-order valence-electron chi connectivity index (χ4n) is 4.06. The summed E-state index contributed by atoms with van der Waals surface area (Å²) in [7, 11) is 0. The summed E-state index contributed by atoms with van der Waals surface area (Å²) in [5.74, 6) is 0.845. The molecule has 1 N–H and O–H groups in total. The minimum absolute atomic E-state index is 0.245. The lowest BCUT2D eigenvalue weighted by Gasteiger charge is -2.18. The molecule has 4 rings (SSSR count). The molecule has 0 aliphatic rings. The predicted molar refractivity (Wildman–Crippen MR) is 125 cm³/mol. The second-order valence-electron chi connectivity index (χ2n) is 8.41. The number of nitrogens with zero attached hydrogens (tertiary/aromatic N) is 3. The molecule has 0 aliphatic heterocycles. The Morgan fingerprint density at radius 3 is 2.39 bits per heavy atom. The number of aryl methyl sites for hydroxylation is 2. The standard InChI is InChI=1S/C25H28N4O2/c1-6-21(24(30)26-20-10-8-18(9-11-20)15(2)3)29-25(31)23-14-19-13-16(4)7-12-22(19)28(23)17(5)27-29/h7-15,21H,6H2,1-5H3,(H,26,30). The maximum atomic E-state index is 13.3. The second kappa shape index (κ2) is 8.02. The van der Waals surface area contributed by atoms with Gasteiger partial charge < -0.3 is 5.32 Å². The molecule has 4 aromatic rings. The van der Waals surface area contributed by atoms with Crippen LogP contribution in [0.5, 0.6) is 0 Å². The number of carbonyl (C=O) groups excluding carboxylic acids is 1. The molecule has 2 aromatic carbocycles. The van der Waals surface area contributed by atoms with Crippen LogP contribution in [-0.2, 0) is 4.79 Å². The topological polar surface area (TPSA) is 68.4 Å². The van der Waals surface area contributed by atoms with Crippen molar-refractivity contribution in [3.63, 3.8) is 0 Å². The quantitative estimate of drug-likeness (QED) is 0.499. The third kappa shape index (κ3) is 3.74. The van der Waals surface area contributed by atoms with Gasteiger partial charge in [-0.05, 0) is 62.1 Å². The van der Waals surface area contributed by atoms with Gasteiger partial charge in [0.25, 0.3) is 5.56 Å². The molecule has 6 nitrogen and oxygen atoms in total. The fraction of sp³-hybridized carbons (Fsp3) is 0.320. The van der Waals surface area contributed by atoms with Gasteiger partial charge in [-0.3, -0.25) is 14.0 Å².